The van der Waals surface area contributed by atoms with E-state index in [1.54, 1.807) is 0 Å². The lowest BCUT2D eigenvalue weighted by molar-refractivity contribution is -0.119. The highest BCUT2D eigenvalue weighted by molar-refractivity contribution is 5.95. The molecule has 0 bridgehead atoms. The number of likely N-dealkylation sites (tertiary alicyclic amines) is 1. The number of hydrogen-bond acceptors (Lipinski definition) is 3. The molecule has 3 rings (SSSR count). The summed E-state index contributed by atoms with van der Waals surface area (Å²) in [5.74, 6) is 0.833. The molecule has 4 nitrogen and oxygen atoms in total. The number of carbonyl (C=O) groups excluding carboxylic acids is 1. The average Bonchev–Trinajstić information content (AvgIpc) is 2.84. The van der Waals surface area contributed by atoms with E-state index in [9.17, 15) is 4.79 Å². The van der Waals surface area contributed by atoms with Crippen LogP contribution < -0.4 is 10.6 Å². The molecule has 1 aromatic carbocycles. The Hall–Kier alpha value is -1.55. The van der Waals surface area contributed by atoms with Gasteiger partial charge in [0.25, 0.3) is 0 Å². The van der Waals surface area contributed by atoms with Crippen molar-refractivity contribution in [3.8, 4) is 0 Å². The predicted octanol–water partition coefficient (Wildman–Crippen LogP) is 1.89. The van der Waals surface area contributed by atoms with Gasteiger partial charge < -0.3 is 15.5 Å². The van der Waals surface area contributed by atoms with Gasteiger partial charge in [0.2, 0.25) is 5.91 Å². The monoisotopic (exact) mass is 273 g/mol. The maximum absolute atomic E-state index is 12.5. The van der Waals surface area contributed by atoms with Gasteiger partial charge in [-0.05, 0) is 69.1 Å². The van der Waals surface area contributed by atoms with E-state index < -0.39 is 0 Å². The molecule has 1 fully saturated rings. The van der Waals surface area contributed by atoms with Gasteiger partial charge >= 0.3 is 0 Å². The molecule has 0 radical (unpaired) electrons. The lowest BCUT2D eigenvalue weighted by Crippen LogP contribution is -2.35. The van der Waals surface area contributed by atoms with Crippen LogP contribution in [0.1, 0.15) is 24.8 Å². The van der Waals surface area contributed by atoms with E-state index in [0.717, 1.165) is 50.3 Å². The number of piperidine rings is 1. The number of nitrogens with two attached hydrogens (primary N) is 1. The van der Waals surface area contributed by atoms with Crippen molar-refractivity contribution in [2.75, 3.05) is 37.3 Å². The third kappa shape index (κ3) is 2.66. The van der Waals surface area contributed by atoms with Crippen LogP contribution in [-0.4, -0.2) is 37.5 Å². The van der Waals surface area contributed by atoms with Crippen molar-refractivity contribution in [2.45, 2.75) is 25.7 Å². The highest BCUT2D eigenvalue weighted by Crippen LogP contribution is 2.31. The molecule has 0 aliphatic carbocycles. The molecule has 1 saturated heterocycles. The summed E-state index contributed by atoms with van der Waals surface area (Å²) in [6.45, 7) is 3.04. The van der Waals surface area contributed by atoms with Crippen LogP contribution in [0.15, 0.2) is 18.2 Å². The average molecular weight is 273 g/mol. The van der Waals surface area contributed by atoms with Crippen LogP contribution in [0.25, 0.3) is 0 Å². The van der Waals surface area contributed by atoms with Crippen LogP contribution in [0.5, 0.6) is 0 Å². The minimum Gasteiger partial charge on any atom is -0.399 e. The van der Waals surface area contributed by atoms with E-state index in [1.807, 2.05) is 23.1 Å². The first-order valence-corrected chi connectivity index (χ1v) is 7.51. The molecule has 1 aromatic rings. The molecule has 0 unspecified atom stereocenters. The zero-order chi connectivity index (χ0) is 14.1. The van der Waals surface area contributed by atoms with Gasteiger partial charge in [-0.2, -0.15) is 0 Å². The van der Waals surface area contributed by atoms with Crippen molar-refractivity contribution >= 4 is 17.3 Å². The second kappa shape index (κ2) is 5.44. The molecule has 108 valence electrons. The van der Waals surface area contributed by atoms with Gasteiger partial charge in [0.15, 0.2) is 0 Å². The fourth-order valence-electron chi connectivity index (χ4n) is 3.30. The Morgan fingerprint density at radius 2 is 2.05 bits per heavy atom. The van der Waals surface area contributed by atoms with Gasteiger partial charge in [0, 0.05) is 24.3 Å². The quantitative estimate of drug-likeness (QED) is 0.837. The number of fused-ring (bicyclic) bond motifs is 1. The Morgan fingerprint density at radius 1 is 1.30 bits per heavy atom. The molecule has 1 amide bonds. The number of amides is 1. The van der Waals surface area contributed by atoms with Crippen molar-refractivity contribution in [1.29, 1.82) is 0 Å². The van der Waals surface area contributed by atoms with Crippen LogP contribution in [0.3, 0.4) is 0 Å². The lowest BCUT2D eigenvalue weighted by Gasteiger charge is -2.29. The van der Waals surface area contributed by atoms with E-state index in [-0.39, 0.29) is 5.91 Å². The van der Waals surface area contributed by atoms with E-state index in [4.69, 9.17) is 5.73 Å². The SMILES string of the molecule is CN1CCC(CC(=O)N2CCc3cc(N)ccc32)CC1. The molecule has 2 N–H and O–H groups in total. The topological polar surface area (TPSA) is 49.6 Å². The van der Waals surface area contributed by atoms with Crippen molar-refractivity contribution in [1.82, 2.24) is 4.90 Å². The normalized spacial score (nSPS) is 20.1. The van der Waals surface area contributed by atoms with Crippen LogP contribution in [-0.2, 0) is 11.2 Å². The predicted molar refractivity (Wildman–Crippen MR) is 81.7 cm³/mol. The smallest absolute Gasteiger partial charge is 0.227 e. The number of benzene rings is 1. The summed E-state index contributed by atoms with van der Waals surface area (Å²) in [7, 11) is 2.15. The fraction of sp³-hybridized carbons (Fsp3) is 0.562. The van der Waals surface area contributed by atoms with Crippen LogP contribution >= 0.6 is 0 Å². The van der Waals surface area contributed by atoms with E-state index in [2.05, 4.69) is 11.9 Å². The van der Waals surface area contributed by atoms with Crippen molar-refractivity contribution in [3.63, 3.8) is 0 Å². The molecule has 0 saturated carbocycles. The van der Waals surface area contributed by atoms with Gasteiger partial charge in [0.05, 0.1) is 0 Å². The molecular formula is C16H23N3O. The Bertz CT molecular complexity index is 506. The molecular weight excluding hydrogens is 250 g/mol. The minimum absolute atomic E-state index is 0.281. The second-order valence-electron chi connectivity index (χ2n) is 6.13. The summed E-state index contributed by atoms with van der Waals surface area (Å²) in [5, 5.41) is 0. The van der Waals surface area contributed by atoms with Gasteiger partial charge in [-0.3, -0.25) is 4.79 Å². The zero-order valence-corrected chi connectivity index (χ0v) is 12.1. The number of nitrogen functional groups attached to an aromatic ring is 1. The van der Waals surface area contributed by atoms with E-state index >= 15 is 0 Å². The fourth-order valence-corrected chi connectivity index (χ4v) is 3.30. The van der Waals surface area contributed by atoms with Gasteiger partial charge in [-0.25, -0.2) is 0 Å². The molecule has 2 heterocycles. The molecule has 0 aromatic heterocycles. The van der Waals surface area contributed by atoms with Crippen molar-refractivity contribution in [3.05, 3.63) is 23.8 Å². The second-order valence-corrected chi connectivity index (χ2v) is 6.13. The van der Waals surface area contributed by atoms with Gasteiger partial charge in [0.1, 0.15) is 0 Å². The molecule has 2 aliphatic rings. The highest BCUT2D eigenvalue weighted by Gasteiger charge is 2.27. The Labute approximate surface area is 120 Å². The summed E-state index contributed by atoms with van der Waals surface area (Å²) >= 11 is 0. The molecule has 2 aliphatic heterocycles. The Morgan fingerprint density at radius 3 is 2.80 bits per heavy atom. The lowest BCUT2D eigenvalue weighted by atomic mass is 9.93. The number of anilines is 2. The third-order valence-electron chi connectivity index (χ3n) is 4.60. The summed E-state index contributed by atoms with van der Waals surface area (Å²) < 4.78 is 0. The summed E-state index contributed by atoms with van der Waals surface area (Å²) in [6, 6.07) is 5.88. The van der Waals surface area contributed by atoms with Gasteiger partial charge in [-0.1, -0.05) is 0 Å². The Kier molecular flexibility index (Phi) is 3.66. The number of hydrogen-bond donors (Lipinski definition) is 1. The third-order valence-corrected chi connectivity index (χ3v) is 4.60. The van der Waals surface area contributed by atoms with E-state index in [1.165, 1.54) is 5.56 Å². The number of carbonyl (C=O) groups is 1. The van der Waals surface area contributed by atoms with Gasteiger partial charge in [-0.15, -0.1) is 0 Å². The van der Waals surface area contributed by atoms with E-state index in [0.29, 0.717) is 12.3 Å². The summed E-state index contributed by atoms with van der Waals surface area (Å²) in [5.41, 5.74) is 8.87. The Balaban J connectivity index is 1.65. The first-order valence-electron chi connectivity index (χ1n) is 7.51. The number of nitrogens with zero attached hydrogens (tertiary/aromatic N) is 2. The minimum atomic E-state index is 0.281. The molecule has 0 atom stereocenters. The van der Waals surface area contributed by atoms with Crippen LogP contribution in [0.4, 0.5) is 11.4 Å². The van der Waals surface area contributed by atoms with Crippen molar-refractivity contribution in [2.24, 2.45) is 5.92 Å². The van der Waals surface area contributed by atoms with Crippen molar-refractivity contribution < 1.29 is 4.79 Å². The van der Waals surface area contributed by atoms with Crippen LogP contribution in [0.2, 0.25) is 0 Å². The first-order chi connectivity index (χ1) is 9.63. The zero-order valence-electron chi connectivity index (χ0n) is 12.1. The summed E-state index contributed by atoms with van der Waals surface area (Å²) in [6.07, 6.45) is 3.91. The summed E-state index contributed by atoms with van der Waals surface area (Å²) in [4.78, 5) is 16.8. The molecule has 4 heteroatoms. The molecule has 20 heavy (non-hydrogen) atoms. The number of rotatable bonds is 2. The molecule has 0 spiro atoms. The largest absolute Gasteiger partial charge is 0.399 e. The maximum Gasteiger partial charge on any atom is 0.227 e. The first kappa shape index (κ1) is 13.4. The highest BCUT2D eigenvalue weighted by atomic mass is 16.2. The maximum atomic E-state index is 12.5. The van der Waals surface area contributed by atoms with Crippen LogP contribution in [0, 0.1) is 5.92 Å². The standard InChI is InChI=1S/C16H23N3O/c1-18-7-4-12(5-8-18)10-16(20)19-9-6-13-11-14(17)2-3-15(13)19/h2-3,11-12H,4-10,17H2,1H3.